The molecule has 0 spiro atoms. The maximum atomic E-state index is 12.7. The van der Waals surface area contributed by atoms with Crippen molar-refractivity contribution in [2.45, 2.75) is 11.8 Å². The second-order valence-corrected chi connectivity index (χ2v) is 8.92. The van der Waals surface area contributed by atoms with Crippen molar-refractivity contribution in [2.24, 2.45) is 5.10 Å². The van der Waals surface area contributed by atoms with Gasteiger partial charge in [0.25, 0.3) is 15.9 Å². The molecule has 0 aliphatic carbocycles. The summed E-state index contributed by atoms with van der Waals surface area (Å²) in [6.07, 6.45) is 1.60. The first kappa shape index (κ1) is 19.8. The molecule has 2 aromatic carbocycles. The first-order valence-corrected chi connectivity index (χ1v) is 10.7. The molecule has 1 heterocycles. The van der Waals surface area contributed by atoms with Crippen molar-refractivity contribution in [3.05, 3.63) is 82.0 Å². The Kier molecular flexibility index (Phi) is 5.91. The number of hydrogen-bond donors (Lipinski definition) is 1. The number of anilines is 1. The number of nitrogens with one attached hydrogen (secondary N) is 1. The molecule has 0 saturated heterocycles. The fourth-order valence-corrected chi connectivity index (χ4v) is 4.45. The first-order chi connectivity index (χ1) is 13.4. The predicted molar refractivity (Wildman–Crippen MR) is 113 cm³/mol. The van der Waals surface area contributed by atoms with Crippen LogP contribution in [0.2, 0.25) is 0 Å². The summed E-state index contributed by atoms with van der Waals surface area (Å²) in [5.74, 6) is -0.370. The van der Waals surface area contributed by atoms with Crippen molar-refractivity contribution < 1.29 is 13.2 Å². The zero-order chi connectivity index (χ0) is 20.1. The molecule has 1 N–H and O–H groups in total. The van der Waals surface area contributed by atoms with Gasteiger partial charge in [-0.25, -0.2) is 13.8 Å². The molecule has 0 fully saturated rings. The van der Waals surface area contributed by atoms with Crippen LogP contribution in [0.3, 0.4) is 0 Å². The normalized spacial score (nSPS) is 11.5. The molecule has 0 aliphatic rings. The van der Waals surface area contributed by atoms with E-state index in [2.05, 4.69) is 10.5 Å². The van der Waals surface area contributed by atoms with Gasteiger partial charge in [-0.05, 0) is 60.3 Å². The highest BCUT2D eigenvalue weighted by atomic mass is 32.2. The predicted octanol–water partition coefficient (Wildman–Crippen LogP) is 3.65. The number of thiophene rings is 1. The van der Waals surface area contributed by atoms with E-state index in [9.17, 15) is 13.2 Å². The van der Waals surface area contributed by atoms with Crippen LogP contribution in [-0.4, -0.2) is 27.6 Å². The molecule has 144 valence electrons. The number of amides is 1. The SMILES string of the molecule is Cc1ccsc1/C=N/NC(=O)c1ccc(N(C)S(=O)(=O)c2ccccc2)cc1. The zero-order valence-corrected chi connectivity index (χ0v) is 17.0. The highest BCUT2D eigenvalue weighted by molar-refractivity contribution is 7.92. The second-order valence-electron chi connectivity index (χ2n) is 6.00. The van der Waals surface area contributed by atoms with Gasteiger partial charge in [0.05, 0.1) is 16.8 Å². The van der Waals surface area contributed by atoms with Crippen molar-refractivity contribution in [3.63, 3.8) is 0 Å². The number of nitrogens with zero attached hydrogens (tertiary/aromatic N) is 2. The van der Waals surface area contributed by atoms with Crippen LogP contribution in [0.15, 0.2) is 76.0 Å². The number of carbonyl (C=O) groups excluding carboxylic acids is 1. The third-order valence-electron chi connectivity index (χ3n) is 4.14. The molecule has 0 aliphatic heterocycles. The van der Waals surface area contributed by atoms with Crippen molar-refractivity contribution in [2.75, 3.05) is 11.4 Å². The Labute approximate surface area is 168 Å². The average molecular weight is 414 g/mol. The van der Waals surface area contributed by atoms with Crippen LogP contribution in [0.4, 0.5) is 5.69 Å². The van der Waals surface area contributed by atoms with Crippen LogP contribution in [0.25, 0.3) is 0 Å². The third-order valence-corrected chi connectivity index (χ3v) is 6.90. The van der Waals surface area contributed by atoms with Crippen LogP contribution in [-0.2, 0) is 10.0 Å². The number of hydrogen-bond acceptors (Lipinski definition) is 5. The smallest absolute Gasteiger partial charge is 0.269 e. The summed E-state index contributed by atoms with van der Waals surface area (Å²) in [6, 6.07) is 16.5. The highest BCUT2D eigenvalue weighted by Gasteiger charge is 2.21. The van der Waals surface area contributed by atoms with Crippen molar-refractivity contribution >= 4 is 39.2 Å². The van der Waals surface area contributed by atoms with Gasteiger partial charge in [0.2, 0.25) is 0 Å². The molecule has 1 aromatic heterocycles. The van der Waals surface area contributed by atoms with E-state index in [0.29, 0.717) is 11.3 Å². The number of benzene rings is 2. The Hall–Kier alpha value is -2.97. The van der Waals surface area contributed by atoms with Gasteiger partial charge in [0.1, 0.15) is 0 Å². The Morgan fingerprint density at radius 2 is 1.75 bits per heavy atom. The maximum absolute atomic E-state index is 12.7. The minimum absolute atomic E-state index is 0.206. The summed E-state index contributed by atoms with van der Waals surface area (Å²) in [5, 5.41) is 5.92. The van der Waals surface area contributed by atoms with Gasteiger partial charge in [-0.2, -0.15) is 5.10 Å². The number of carbonyl (C=O) groups is 1. The van der Waals surface area contributed by atoms with Crippen molar-refractivity contribution in [1.29, 1.82) is 0 Å². The van der Waals surface area contributed by atoms with Crippen molar-refractivity contribution in [1.82, 2.24) is 5.43 Å². The topological polar surface area (TPSA) is 78.8 Å². The molecule has 0 unspecified atom stereocenters. The Balaban J connectivity index is 1.70. The maximum Gasteiger partial charge on any atom is 0.271 e. The molecular formula is C20H19N3O3S2. The van der Waals surface area contributed by atoms with E-state index in [1.54, 1.807) is 60.8 Å². The fourth-order valence-electron chi connectivity index (χ4n) is 2.44. The molecule has 6 nitrogen and oxygen atoms in total. The van der Waals surface area contributed by atoms with Crippen LogP contribution < -0.4 is 9.73 Å². The van der Waals surface area contributed by atoms with E-state index < -0.39 is 10.0 Å². The largest absolute Gasteiger partial charge is 0.271 e. The fraction of sp³-hybridized carbons (Fsp3) is 0.100. The molecule has 0 radical (unpaired) electrons. The van der Waals surface area contributed by atoms with E-state index in [4.69, 9.17) is 0 Å². The third kappa shape index (κ3) is 4.29. The van der Waals surface area contributed by atoms with Gasteiger partial charge in [-0.3, -0.25) is 9.10 Å². The highest BCUT2D eigenvalue weighted by Crippen LogP contribution is 2.22. The zero-order valence-electron chi connectivity index (χ0n) is 15.4. The van der Waals surface area contributed by atoms with Gasteiger partial charge < -0.3 is 0 Å². The standard InChI is InChI=1S/C20H19N3O3S2/c1-15-12-13-27-19(15)14-21-22-20(24)16-8-10-17(11-9-16)23(2)28(25,26)18-6-4-3-5-7-18/h3-14H,1-2H3,(H,22,24)/b21-14+. The van der Waals surface area contributed by atoms with Crippen molar-refractivity contribution in [3.8, 4) is 0 Å². The summed E-state index contributed by atoms with van der Waals surface area (Å²) >= 11 is 1.54. The van der Waals surface area contributed by atoms with Crippen LogP contribution >= 0.6 is 11.3 Å². The lowest BCUT2D eigenvalue weighted by molar-refractivity contribution is 0.0955. The molecule has 0 saturated carbocycles. The minimum atomic E-state index is -3.66. The molecular weight excluding hydrogens is 394 g/mol. The quantitative estimate of drug-likeness (QED) is 0.495. The number of hydrazone groups is 1. The van der Waals surface area contributed by atoms with Crippen LogP contribution in [0.5, 0.6) is 0 Å². The monoisotopic (exact) mass is 413 g/mol. The lowest BCUT2D eigenvalue weighted by Gasteiger charge is -2.19. The summed E-state index contributed by atoms with van der Waals surface area (Å²) in [7, 11) is -2.18. The lowest BCUT2D eigenvalue weighted by atomic mass is 10.2. The minimum Gasteiger partial charge on any atom is -0.269 e. The average Bonchev–Trinajstić information content (AvgIpc) is 3.13. The Morgan fingerprint density at radius 1 is 1.07 bits per heavy atom. The summed E-state index contributed by atoms with van der Waals surface area (Å²) in [4.78, 5) is 13.4. The first-order valence-electron chi connectivity index (χ1n) is 8.41. The van der Waals surface area contributed by atoms with E-state index in [1.165, 1.54) is 22.7 Å². The number of aryl methyl sites for hydroxylation is 1. The molecule has 28 heavy (non-hydrogen) atoms. The molecule has 0 atom stereocenters. The molecule has 3 rings (SSSR count). The Bertz CT molecular complexity index is 1090. The Morgan fingerprint density at radius 3 is 2.36 bits per heavy atom. The molecule has 1 amide bonds. The van der Waals surface area contributed by atoms with Gasteiger partial charge >= 0.3 is 0 Å². The molecule has 8 heteroatoms. The van der Waals surface area contributed by atoms with Gasteiger partial charge in [-0.15, -0.1) is 11.3 Å². The van der Waals surface area contributed by atoms with Gasteiger partial charge in [0, 0.05) is 17.5 Å². The van der Waals surface area contributed by atoms with Gasteiger partial charge in [-0.1, -0.05) is 18.2 Å². The summed E-state index contributed by atoms with van der Waals surface area (Å²) in [5.41, 5.74) is 4.41. The van der Waals surface area contributed by atoms with Crippen LogP contribution in [0.1, 0.15) is 20.8 Å². The van der Waals surface area contributed by atoms with Gasteiger partial charge in [0.15, 0.2) is 0 Å². The molecule has 0 bridgehead atoms. The van der Waals surface area contributed by atoms with E-state index in [-0.39, 0.29) is 10.8 Å². The van der Waals surface area contributed by atoms with E-state index >= 15 is 0 Å². The van der Waals surface area contributed by atoms with Crippen LogP contribution in [0, 0.1) is 6.92 Å². The molecule has 3 aromatic rings. The van der Waals surface area contributed by atoms with E-state index in [1.807, 2.05) is 18.4 Å². The number of rotatable bonds is 6. The second kappa shape index (κ2) is 8.37. The summed E-state index contributed by atoms with van der Waals surface area (Å²) < 4.78 is 26.5. The van der Waals surface area contributed by atoms with E-state index in [0.717, 1.165) is 10.4 Å². The number of sulfonamides is 1. The lowest BCUT2D eigenvalue weighted by Crippen LogP contribution is -2.26. The summed E-state index contributed by atoms with van der Waals surface area (Å²) in [6.45, 7) is 1.97.